The van der Waals surface area contributed by atoms with Gasteiger partial charge in [0, 0.05) is 11.6 Å². The van der Waals surface area contributed by atoms with Crippen molar-refractivity contribution in [2.75, 3.05) is 6.61 Å². The number of hydrogen-bond donors (Lipinski definition) is 1. The third-order valence-corrected chi connectivity index (χ3v) is 6.27. The molecule has 0 aliphatic heterocycles. The number of benzene rings is 2. The van der Waals surface area contributed by atoms with E-state index in [1.54, 1.807) is 6.07 Å². The average molecular weight is 401 g/mol. The van der Waals surface area contributed by atoms with Crippen molar-refractivity contribution >= 4 is 21.8 Å². The molecule has 3 rings (SSSR count). The van der Waals surface area contributed by atoms with Gasteiger partial charge in [0.2, 0.25) is 15.8 Å². The van der Waals surface area contributed by atoms with Crippen LogP contribution in [0.3, 0.4) is 0 Å². The molecule has 0 atom stereocenters. The zero-order valence-corrected chi connectivity index (χ0v) is 16.9. The maximum atomic E-state index is 12.4. The number of nitrogens with one attached hydrogen (secondary N) is 1. The van der Waals surface area contributed by atoms with Gasteiger partial charge in [-0.05, 0) is 74.6 Å². The fourth-order valence-electron chi connectivity index (χ4n) is 2.83. The Hall–Kier alpha value is -2.51. The van der Waals surface area contributed by atoms with Crippen molar-refractivity contribution in [3.63, 3.8) is 0 Å². The summed E-state index contributed by atoms with van der Waals surface area (Å²) >= 11 is 0. The van der Waals surface area contributed by atoms with Gasteiger partial charge in [-0.2, -0.15) is 0 Å². The molecule has 1 fully saturated rings. The summed E-state index contributed by atoms with van der Waals surface area (Å²) < 4.78 is 32.3. The van der Waals surface area contributed by atoms with E-state index in [1.165, 1.54) is 24.3 Å². The Morgan fingerprint density at radius 1 is 1.04 bits per heavy atom. The van der Waals surface area contributed by atoms with Gasteiger partial charge in [-0.1, -0.05) is 12.1 Å². The molecule has 1 N–H and O–H groups in total. The van der Waals surface area contributed by atoms with Crippen molar-refractivity contribution in [3.05, 3.63) is 64.2 Å². The second-order valence-electron chi connectivity index (χ2n) is 7.17. The van der Waals surface area contributed by atoms with E-state index in [2.05, 4.69) is 4.72 Å². The number of carbonyl (C=O) groups excluding carboxylic acids is 2. The average Bonchev–Trinajstić information content (AvgIpc) is 3.46. The highest BCUT2D eigenvalue weighted by atomic mass is 32.2. The minimum atomic E-state index is -3.67. The molecule has 1 aliphatic carbocycles. The van der Waals surface area contributed by atoms with Gasteiger partial charge in [-0.25, -0.2) is 17.9 Å². The second-order valence-corrected chi connectivity index (χ2v) is 8.89. The molecule has 0 unspecified atom stereocenters. The highest BCUT2D eigenvalue weighted by Crippen LogP contribution is 2.22. The SMILES string of the molecule is Cc1cc(C)c(C(=O)COC(=O)c2cccc(S(=O)(=O)NC3CC3)c2)cc1C. The molecule has 0 saturated heterocycles. The summed E-state index contributed by atoms with van der Waals surface area (Å²) in [6.45, 7) is 5.32. The highest BCUT2D eigenvalue weighted by Gasteiger charge is 2.28. The van der Waals surface area contributed by atoms with Gasteiger partial charge in [-0.3, -0.25) is 4.79 Å². The van der Waals surface area contributed by atoms with Gasteiger partial charge in [0.25, 0.3) is 0 Å². The van der Waals surface area contributed by atoms with Crippen LogP contribution < -0.4 is 4.72 Å². The predicted octanol–water partition coefficient (Wildman–Crippen LogP) is 3.09. The van der Waals surface area contributed by atoms with Crippen LogP contribution in [0.2, 0.25) is 0 Å². The Bertz CT molecular complexity index is 1040. The Balaban J connectivity index is 1.69. The first-order valence-electron chi connectivity index (χ1n) is 9.08. The molecule has 0 bridgehead atoms. The zero-order valence-electron chi connectivity index (χ0n) is 16.1. The van der Waals surface area contributed by atoms with E-state index < -0.39 is 22.6 Å². The van der Waals surface area contributed by atoms with Crippen LogP contribution in [0.25, 0.3) is 0 Å². The largest absolute Gasteiger partial charge is 0.454 e. The van der Waals surface area contributed by atoms with Gasteiger partial charge in [0.05, 0.1) is 10.5 Å². The number of rotatable bonds is 7. The van der Waals surface area contributed by atoms with Gasteiger partial charge < -0.3 is 4.74 Å². The number of ketones is 1. The Kier molecular flexibility index (Phi) is 5.67. The number of hydrogen-bond acceptors (Lipinski definition) is 5. The van der Waals surface area contributed by atoms with Crippen LogP contribution in [0.15, 0.2) is 41.3 Å². The normalized spacial score (nSPS) is 14.0. The maximum absolute atomic E-state index is 12.4. The van der Waals surface area contributed by atoms with Crippen LogP contribution in [-0.4, -0.2) is 32.8 Å². The van der Waals surface area contributed by atoms with Gasteiger partial charge >= 0.3 is 5.97 Å². The highest BCUT2D eigenvalue weighted by molar-refractivity contribution is 7.89. The topological polar surface area (TPSA) is 89.5 Å². The lowest BCUT2D eigenvalue weighted by Gasteiger charge is -2.10. The van der Waals surface area contributed by atoms with Crippen LogP contribution in [-0.2, 0) is 14.8 Å². The summed E-state index contributed by atoms with van der Waals surface area (Å²) in [7, 11) is -3.67. The van der Waals surface area contributed by atoms with Crippen molar-refractivity contribution in [1.29, 1.82) is 0 Å². The van der Waals surface area contributed by atoms with E-state index in [1.807, 2.05) is 26.8 Å². The van der Waals surface area contributed by atoms with Crippen molar-refractivity contribution in [1.82, 2.24) is 4.72 Å². The fourth-order valence-corrected chi connectivity index (χ4v) is 4.18. The first-order valence-corrected chi connectivity index (χ1v) is 10.6. The maximum Gasteiger partial charge on any atom is 0.338 e. The Morgan fingerprint density at radius 2 is 1.71 bits per heavy atom. The number of carbonyl (C=O) groups is 2. The summed E-state index contributed by atoms with van der Waals surface area (Å²) in [5, 5.41) is 0. The molecule has 6 nitrogen and oxygen atoms in total. The molecule has 0 amide bonds. The molecule has 7 heteroatoms. The molecule has 0 radical (unpaired) electrons. The lowest BCUT2D eigenvalue weighted by molar-refractivity contribution is 0.0474. The second kappa shape index (κ2) is 7.85. The van der Waals surface area contributed by atoms with Crippen molar-refractivity contribution < 1.29 is 22.7 Å². The standard InChI is InChI=1S/C21H23NO5S/c1-13-9-15(3)19(10-14(13)2)20(23)12-27-21(24)16-5-4-6-18(11-16)28(25,26)22-17-7-8-17/h4-6,9-11,17,22H,7-8,12H2,1-3H3. The van der Waals surface area contributed by atoms with Crippen LogP contribution in [0.1, 0.15) is 50.2 Å². The van der Waals surface area contributed by atoms with Gasteiger partial charge in [-0.15, -0.1) is 0 Å². The molecule has 28 heavy (non-hydrogen) atoms. The van der Waals surface area contributed by atoms with E-state index >= 15 is 0 Å². The number of Topliss-reactive ketones (excluding diaryl/α,β-unsaturated/α-hetero) is 1. The minimum Gasteiger partial charge on any atom is -0.454 e. The number of sulfonamides is 1. The van der Waals surface area contributed by atoms with Crippen LogP contribution in [0.4, 0.5) is 0 Å². The van der Waals surface area contributed by atoms with Gasteiger partial charge in [0.1, 0.15) is 0 Å². The number of aryl methyl sites for hydroxylation is 3. The quantitative estimate of drug-likeness (QED) is 0.569. The molecule has 0 spiro atoms. The molecule has 1 saturated carbocycles. The molecular weight excluding hydrogens is 378 g/mol. The van der Waals surface area contributed by atoms with Crippen LogP contribution in [0, 0.1) is 20.8 Å². The summed E-state index contributed by atoms with van der Waals surface area (Å²) in [6.07, 6.45) is 1.64. The summed E-state index contributed by atoms with van der Waals surface area (Å²) in [5.41, 5.74) is 3.50. The van der Waals surface area contributed by atoms with E-state index in [0.29, 0.717) is 5.56 Å². The lowest BCUT2D eigenvalue weighted by atomic mass is 9.98. The molecule has 2 aromatic carbocycles. The molecule has 148 valence electrons. The van der Waals surface area contributed by atoms with Crippen LogP contribution in [0.5, 0.6) is 0 Å². The lowest BCUT2D eigenvalue weighted by Crippen LogP contribution is -2.26. The number of esters is 1. The zero-order chi connectivity index (χ0) is 20.5. The van der Waals surface area contributed by atoms with Crippen molar-refractivity contribution in [3.8, 4) is 0 Å². The molecule has 2 aromatic rings. The van der Waals surface area contributed by atoms with E-state index in [0.717, 1.165) is 29.5 Å². The smallest absolute Gasteiger partial charge is 0.338 e. The van der Waals surface area contributed by atoms with Crippen molar-refractivity contribution in [2.45, 2.75) is 44.6 Å². The van der Waals surface area contributed by atoms with E-state index in [9.17, 15) is 18.0 Å². The first kappa shape index (κ1) is 20.2. The molecule has 0 aromatic heterocycles. The van der Waals surface area contributed by atoms with E-state index in [-0.39, 0.29) is 22.3 Å². The fraction of sp³-hybridized carbons (Fsp3) is 0.333. The third kappa shape index (κ3) is 4.66. The molecule has 1 aliphatic rings. The van der Waals surface area contributed by atoms with E-state index in [4.69, 9.17) is 4.74 Å². The predicted molar refractivity (Wildman–Crippen MR) is 105 cm³/mol. The Labute approximate surface area is 165 Å². The minimum absolute atomic E-state index is 0.00480. The van der Waals surface area contributed by atoms with Crippen LogP contribution >= 0.6 is 0 Å². The third-order valence-electron chi connectivity index (χ3n) is 4.75. The summed E-state index contributed by atoms with van der Waals surface area (Å²) in [5.74, 6) is -1.04. The molecule has 0 heterocycles. The van der Waals surface area contributed by atoms with Gasteiger partial charge in [0.15, 0.2) is 6.61 Å². The number of ether oxygens (including phenoxy) is 1. The van der Waals surface area contributed by atoms with Crippen molar-refractivity contribution in [2.24, 2.45) is 0 Å². The first-order chi connectivity index (χ1) is 13.2. The monoisotopic (exact) mass is 401 g/mol. The summed E-state index contributed by atoms with van der Waals surface area (Å²) in [4.78, 5) is 24.8. The molecular formula is C21H23NO5S. The summed E-state index contributed by atoms with van der Waals surface area (Å²) in [6, 6.07) is 9.31. The Morgan fingerprint density at radius 3 is 2.39 bits per heavy atom.